The molecule has 2 aromatic carbocycles. The van der Waals surface area contributed by atoms with Crippen LogP contribution in [0.2, 0.25) is 0 Å². The molecule has 0 radical (unpaired) electrons. The number of rotatable bonds is 6. The van der Waals surface area contributed by atoms with Crippen LogP contribution in [-0.4, -0.2) is 46.0 Å². The molecule has 2 aliphatic rings. The summed E-state index contributed by atoms with van der Waals surface area (Å²) in [6.45, 7) is 0.313. The van der Waals surface area contributed by atoms with Crippen LogP contribution in [0.4, 0.5) is 0 Å². The van der Waals surface area contributed by atoms with E-state index in [1.165, 1.54) is 6.20 Å². The average Bonchev–Trinajstić information content (AvgIpc) is 3.67. The summed E-state index contributed by atoms with van der Waals surface area (Å²) < 4.78 is 20.8. The van der Waals surface area contributed by atoms with Gasteiger partial charge in [-0.2, -0.15) is 0 Å². The molecule has 212 valence electrons. The van der Waals surface area contributed by atoms with Gasteiger partial charge in [-0.25, -0.2) is 0 Å². The van der Waals surface area contributed by atoms with E-state index in [4.69, 9.17) is 29.9 Å². The Hall–Kier alpha value is -4.71. The highest BCUT2D eigenvalue weighted by Gasteiger charge is 2.23. The third kappa shape index (κ3) is 6.90. The Kier molecular flexibility index (Phi) is 10.6. The molecule has 0 aliphatic carbocycles. The summed E-state index contributed by atoms with van der Waals surface area (Å²) in [5, 5.41) is 12.1. The van der Waals surface area contributed by atoms with E-state index in [0.29, 0.717) is 45.5 Å². The van der Waals surface area contributed by atoms with Crippen molar-refractivity contribution in [3.63, 3.8) is 0 Å². The molecule has 13 heteroatoms. The summed E-state index contributed by atoms with van der Waals surface area (Å²) in [5.41, 5.74) is 7.49. The highest BCUT2D eigenvalue weighted by Crippen LogP contribution is 2.34. The lowest BCUT2D eigenvalue weighted by Gasteiger charge is -2.10. The first-order chi connectivity index (χ1) is 19.0. The standard InChI is InChI=1S/C14H10N2O4.C14H12N2O3.2ClH/c17-14(13(16-18)10-3-1-2-6-15-10)9-4-5-11-12(7-9)20-8-19-11;15-13(10-3-1-2-6-16-10)14(17)9-4-5-11-12(7-9)19-8-18-11;;/h1-7,18H,8H2;1-7,13H,8,15H2;2*1H. The van der Waals surface area contributed by atoms with Crippen molar-refractivity contribution in [1.82, 2.24) is 9.97 Å². The lowest BCUT2D eigenvalue weighted by atomic mass is 10.0. The van der Waals surface area contributed by atoms with Gasteiger partial charge < -0.3 is 29.9 Å². The Morgan fingerprint density at radius 1 is 0.756 bits per heavy atom. The van der Waals surface area contributed by atoms with E-state index < -0.39 is 11.8 Å². The summed E-state index contributed by atoms with van der Waals surface area (Å²) in [6, 6.07) is 19.4. The number of halogens is 2. The summed E-state index contributed by atoms with van der Waals surface area (Å²) in [5.74, 6) is 1.65. The van der Waals surface area contributed by atoms with Crippen LogP contribution in [0.3, 0.4) is 0 Å². The lowest BCUT2D eigenvalue weighted by molar-refractivity contribution is 0.0958. The smallest absolute Gasteiger partial charge is 0.231 e. The highest BCUT2D eigenvalue weighted by atomic mass is 35.5. The molecule has 11 nitrogen and oxygen atoms in total. The molecule has 1 atom stereocenters. The van der Waals surface area contributed by atoms with Gasteiger partial charge in [0, 0.05) is 23.5 Å². The molecule has 1 unspecified atom stereocenters. The molecule has 41 heavy (non-hydrogen) atoms. The van der Waals surface area contributed by atoms with Gasteiger partial charge >= 0.3 is 0 Å². The van der Waals surface area contributed by atoms with Gasteiger partial charge in [0.05, 0.1) is 11.4 Å². The summed E-state index contributed by atoms with van der Waals surface area (Å²) in [6.07, 6.45) is 3.13. The number of hydrogen-bond acceptors (Lipinski definition) is 11. The van der Waals surface area contributed by atoms with E-state index in [1.807, 2.05) is 0 Å². The molecule has 2 aromatic heterocycles. The predicted molar refractivity (Wildman–Crippen MR) is 152 cm³/mol. The zero-order valence-corrected chi connectivity index (χ0v) is 22.8. The van der Waals surface area contributed by atoms with Gasteiger partial charge in [-0.05, 0) is 60.7 Å². The number of carbonyl (C=O) groups excluding carboxylic acids is 2. The molecule has 0 spiro atoms. The number of ether oxygens (including phenoxy) is 4. The van der Waals surface area contributed by atoms with E-state index in [0.717, 1.165) is 0 Å². The Morgan fingerprint density at radius 2 is 1.32 bits per heavy atom. The van der Waals surface area contributed by atoms with E-state index in [9.17, 15) is 9.59 Å². The van der Waals surface area contributed by atoms with E-state index in [1.54, 1.807) is 79.0 Å². The van der Waals surface area contributed by atoms with Crippen LogP contribution in [0.25, 0.3) is 0 Å². The van der Waals surface area contributed by atoms with Gasteiger partial charge in [0.2, 0.25) is 19.4 Å². The van der Waals surface area contributed by atoms with Gasteiger partial charge in [0.1, 0.15) is 6.04 Å². The number of ketones is 2. The number of benzene rings is 2. The van der Waals surface area contributed by atoms with Crippen molar-refractivity contribution in [2.45, 2.75) is 6.04 Å². The predicted octanol–water partition coefficient (Wildman–Crippen LogP) is 4.41. The maximum absolute atomic E-state index is 12.3. The zero-order valence-electron chi connectivity index (χ0n) is 21.2. The Labute approximate surface area is 246 Å². The summed E-state index contributed by atoms with van der Waals surface area (Å²) in [7, 11) is 0. The molecule has 0 saturated carbocycles. The van der Waals surface area contributed by atoms with Crippen LogP contribution in [0.5, 0.6) is 23.0 Å². The third-order valence-electron chi connectivity index (χ3n) is 5.80. The first-order valence-corrected chi connectivity index (χ1v) is 11.7. The molecule has 4 heterocycles. The second-order valence-electron chi connectivity index (χ2n) is 8.23. The van der Waals surface area contributed by atoms with Crippen LogP contribution in [-0.2, 0) is 0 Å². The van der Waals surface area contributed by atoms with Crippen LogP contribution >= 0.6 is 24.8 Å². The molecule has 2 aliphatic heterocycles. The number of pyridine rings is 2. The number of nitrogens with two attached hydrogens (primary N) is 1. The van der Waals surface area contributed by atoms with E-state index in [2.05, 4.69) is 15.1 Å². The van der Waals surface area contributed by atoms with Crippen molar-refractivity contribution < 1.29 is 33.7 Å². The second-order valence-corrected chi connectivity index (χ2v) is 8.23. The van der Waals surface area contributed by atoms with Crippen LogP contribution in [0, 0.1) is 0 Å². The van der Waals surface area contributed by atoms with Crippen molar-refractivity contribution >= 4 is 42.1 Å². The SMILES string of the molecule is Cl.Cl.NC(C(=O)c1ccc2c(c1)OCO2)c1ccccn1.O=C(C(=NO)c1ccccn1)c1ccc2c(c1)OCO2. The first kappa shape index (κ1) is 30.8. The number of nitrogens with zero attached hydrogens (tertiary/aromatic N) is 3. The molecule has 3 N–H and O–H groups in total. The average molecular weight is 599 g/mol. The topological polar surface area (TPSA) is 155 Å². The Morgan fingerprint density at radius 3 is 1.88 bits per heavy atom. The van der Waals surface area contributed by atoms with Crippen molar-refractivity contribution in [2.75, 3.05) is 13.6 Å². The minimum absolute atomic E-state index is 0. The van der Waals surface area contributed by atoms with Crippen molar-refractivity contribution in [1.29, 1.82) is 0 Å². The molecule has 0 saturated heterocycles. The molecule has 0 amide bonds. The first-order valence-electron chi connectivity index (χ1n) is 11.7. The van der Waals surface area contributed by atoms with Gasteiger partial charge in [0.15, 0.2) is 34.5 Å². The second kappa shape index (κ2) is 14.1. The third-order valence-corrected chi connectivity index (χ3v) is 5.80. The minimum atomic E-state index is -0.776. The minimum Gasteiger partial charge on any atom is -0.454 e. The fraction of sp³-hybridized carbons (Fsp3) is 0.107. The van der Waals surface area contributed by atoms with Crippen LogP contribution < -0.4 is 24.7 Å². The van der Waals surface area contributed by atoms with Crippen molar-refractivity contribution in [3.8, 4) is 23.0 Å². The number of Topliss-reactive ketones (excluding diaryl/α,β-unsaturated/α-hetero) is 2. The van der Waals surface area contributed by atoms with Gasteiger partial charge in [-0.1, -0.05) is 17.3 Å². The number of carbonyl (C=O) groups is 2. The number of fused-ring (bicyclic) bond motifs is 2. The normalized spacial score (nSPS) is 13.0. The Balaban J connectivity index is 0.000000215. The monoisotopic (exact) mass is 598 g/mol. The number of aromatic nitrogens is 2. The summed E-state index contributed by atoms with van der Waals surface area (Å²) in [4.78, 5) is 32.7. The Bertz CT molecular complexity index is 1540. The van der Waals surface area contributed by atoms with E-state index in [-0.39, 0.29) is 49.9 Å². The van der Waals surface area contributed by atoms with Crippen LogP contribution in [0.15, 0.2) is 90.3 Å². The molecule has 0 bridgehead atoms. The van der Waals surface area contributed by atoms with Gasteiger partial charge in [0.25, 0.3) is 0 Å². The zero-order chi connectivity index (χ0) is 27.2. The summed E-state index contributed by atoms with van der Waals surface area (Å²) >= 11 is 0. The van der Waals surface area contributed by atoms with Gasteiger partial charge in [-0.15, -0.1) is 24.8 Å². The van der Waals surface area contributed by atoms with Crippen LogP contribution in [0.1, 0.15) is 38.1 Å². The van der Waals surface area contributed by atoms with Gasteiger partial charge in [-0.3, -0.25) is 19.6 Å². The van der Waals surface area contributed by atoms with E-state index >= 15 is 0 Å². The largest absolute Gasteiger partial charge is 0.454 e. The quantitative estimate of drug-likeness (QED) is 0.141. The maximum atomic E-state index is 12.3. The maximum Gasteiger partial charge on any atom is 0.231 e. The molecule has 0 fully saturated rings. The highest BCUT2D eigenvalue weighted by molar-refractivity contribution is 6.50. The molecular weight excluding hydrogens is 575 g/mol. The molecule has 6 rings (SSSR count). The fourth-order valence-corrected chi connectivity index (χ4v) is 3.81. The fourth-order valence-electron chi connectivity index (χ4n) is 3.81. The van der Waals surface area contributed by atoms with Crippen molar-refractivity contribution in [3.05, 3.63) is 108 Å². The molecular formula is C28H24Cl2N4O7. The van der Waals surface area contributed by atoms with Crippen molar-refractivity contribution in [2.24, 2.45) is 10.9 Å². The molecule has 4 aromatic rings. The lowest BCUT2D eigenvalue weighted by Crippen LogP contribution is -2.22. The number of oxime groups is 1. The number of hydrogen-bond donors (Lipinski definition) is 2.